The number of fused-ring (bicyclic) bond motifs is 1. The van der Waals surface area contributed by atoms with Gasteiger partial charge in [0.2, 0.25) is 0 Å². The Morgan fingerprint density at radius 1 is 1.22 bits per heavy atom. The zero-order chi connectivity index (χ0) is 16.1. The quantitative estimate of drug-likeness (QED) is 0.658. The maximum Gasteiger partial charge on any atom is 0.195 e. The predicted octanol–water partition coefficient (Wildman–Crippen LogP) is 2.26. The molecule has 0 unspecified atom stereocenters. The lowest BCUT2D eigenvalue weighted by Gasteiger charge is -2.36. The molecule has 1 fully saturated rings. The predicted molar refractivity (Wildman–Crippen MR) is 90.6 cm³/mol. The van der Waals surface area contributed by atoms with Crippen LogP contribution in [0.25, 0.3) is 0 Å². The number of hydrogen-bond acceptors (Lipinski definition) is 4. The molecule has 0 aliphatic carbocycles. The van der Waals surface area contributed by atoms with Crippen molar-refractivity contribution in [3.8, 4) is 11.5 Å². The summed E-state index contributed by atoms with van der Waals surface area (Å²) >= 11 is 0. The van der Waals surface area contributed by atoms with E-state index in [1.54, 1.807) is 0 Å². The largest absolute Gasteiger partial charge is 0.490 e. The van der Waals surface area contributed by atoms with Crippen LogP contribution in [-0.4, -0.2) is 45.5 Å². The van der Waals surface area contributed by atoms with Gasteiger partial charge in [0.15, 0.2) is 17.5 Å². The van der Waals surface area contributed by atoms with Crippen molar-refractivity contribution < 1.29 is 14.2 Å². The van der Waals surface area contributed by atoms with E-state index in [1.807, 2.05) is 18.2 Å². The lowest BCUT2D eigenvalue weighted by molar-refractivity contribution is -0.0945. The van der Waals surface area contributed by atoms with Crippen molar-refractivity contribution in [1.29, 1.82) is 0 Å². The lowest BCUT2D eigenvalue weighted by Crippen LogP contribution is -2.43. The first-order chi connectivity index (χ1) is 11.2. The van der Waals surface area contributed by atoms with E-state index in [1.165, 1.54) is 0 Å². The van der Waals surface area contributed by atoms with Crippen LogP contribution in [0, 0.1) is 5.41 Å². The summed E-state index contributed by atoms with van der Waals surface area (Å²) in [4.78, 5) is 4.68. The molecule has 2 heterocycles. The van der Waals surface area contributed by atoms with Crippen molar-refractivity contribution in [2.75, 3.05) is 44.8 Å². The summed E-state index contributed by atoms with van der Waals surface area (Å²) in [6.45, 7) is 8.74. The fourth-order valence-corrected chi connectivity index (χ4v) is 2.50. The second kappa shape index (κ2) is 7.08. The summed E-state index contributed by atoms with van der Waals surface area (Å²) in [6.07, 6.45) is 0.905. The molecule has 6 nitrogen and oxygen atoms in total. The summed E-state index contributed by atoms with van der Waals surface area (Å²) in [6, 6.07) is 5.88. The summed E-state index contributed by atoms with van der Waals surface area (Å²) < 4.78 is 16.7. The van der Waals surface area contributed by atoms with E-state index in [4.69, 9.17) is 14.2 Å². The van der Waals surface area contributed by atoms with Gasteiger partial charge in [-0.1, -0.05) is 6.92 Å². The third-order valence-electron chi connectivity index (χ3n) is 3.87. The van der Waals surface area contributed by atoms with Crippen molar-refractivity contribution in [3.63, 3.8) is 0 Å². The normalized spacial score (nSPS) is 19.5. The molecule has 3 rings (SSSR count). The average molecular weight is 319 g/mol. The number of nitrogens with one attached hydrogen (secondary N) is 2. The number of ether oxygens (including phenoxy) is 3. The lowest BCUT2D eigenvalue weighted by atomic mass is 9.89. The minimum Gasteiger partial charge on any atom is -0.490 e. The molecule has 1 aromatic rings. The van der Waals surface area contributed by atoms with Crippen LogP contribution in [0.5, 0.6) is 11.5 Å². The number of guanidine groups is 1. The molecule has 126 valence electrons. The number of anilines is 1. The van der Waals surface area contributed by atoms with Gasteiger partial charge in [-0.2, -0.15) is 0 Å². The molecule has 0 bridgehead atoms. The molecule has 0 atom stereocenters. The standard InChI is InChI=1S/C17H25N3O3/c1-3-18-16(19-10-17(2)11-21-12-17)20-13-5-6-14-15(9-13)23-8-4-7-22-14/h5-6,9H,3-4,7-8,10-12H2,1-2H3,(H2,18,19,20). The van der Waals surface area contributed by atoms with Gasteiger partial charge in [-0.05, 0) is 19.1 Å². The topological polar surface area (TPSA) is 64.1 Å². The van der Waals surface area contributed by atoms with Crippen molar-refractivity contribution >= 4 is 11.6 Å². The van der Waals surface area contributed by atoms with Crippen LogP contribution < -0.4 is 20.1 Å². The van der Waals surface area contributed by atoms with Crippen molar-refractivity contribution in [1.82, 2.24) is 5.32 Å². The highest BCUT2D eigenvalue weighted by atomic mass is 16.5. The van der Waals surface area contributed by atoms with Crippen LogP contribution in [0.3, 0.4) is 0 Å². The van der Waals surface area contributed by atoms with Crippen LogP contribution in [0.15, 0.2) is 23.2 Å². The van der Waals surface area contributed by atoms with Gasteiger partial charge in [0.25, 0.3) is 0 Å². The molecule has 1 saturated heterocycles. The fourth-order valence-electron chi connectivity index (χ4n) is 2.50. The highest BCUT2D eigenvalue weighted by Gasteiger charge is 2.33. The Balaban J connectivity index is 1.69. The molecule has 0 spiro atoms. The van der Waals surface area contributed by atoms with Gasteiger partial charge in [0, 0.05) is 30.1 Å². The van der Waals surface area contributed by atoms with Gasteiger partial charge in [-0.15, -0.1) is 0 Å². The van der Waals surface area contributed by atoms with Gasteiger partial charge in [-0.3, -0.25) is 4.99 Å². The SMILES string of the molecule is CCNC(=NCC1(C)COC1)Nc1ccc2c(c1)OCCCO2. The molecule has 0 saturated carbocycles. The van der Waals surface area contributed by atoms with Crippen LogP contribution in [0.1, 0.15) is 20.3 Å². The van der Waals surface area contributed by atoms with Crippen LogP contribution in [0.2, 0.25) is 0 Å². The maximum absolute atomic E-state index is 5.73. The van der Waals surface area contributed by atoms with E-state index < -0.39 is 0 Å². The summed E-state index contributed by atoms with van der Waals surface area (Å²) in [5.74, 6) is 2.35. The Labute approximate surface area is 137 Å². The molecule has 2 aliphatic heterocycles. The van der Waals surface area contributed by atoms with Crippen molar-refractivity contribution in [2.45, 2.75) is 20.3 Å². The number of aliphatic imine (C=N–C) groups is 1. The number of hydrogen-bond donors (Lipinski definition) is 2. The maximum atomic E-state index is 5.73. The molecule has 23 heavy (non-hydrogen) atoms. The van der Waals surface area contributed by atoms with Crippen LogP contribution in [0.4, 0.5) is 5.69 Å². The Morgan fingerprint density at radius 2 is 2.00 bits per heavy atom. The Bertz CT molecular complexity index is 570. The Hall–Kier alpha value is -1.95. The monoisotopic (exact) mass is 319 g/mol. The molecule has 2 N–H and O–H groups in total. The van der Waals surface area contributed by atoms with E-state index in [0.717, 1.165) is 55.9 Å². The highest BCUT2D eigenvalue weighted by Crippen LogP contribution is 2.32. The van der Waals surface area contributed by atoms with Crippen molar-refractivity contribution in [2.24, 2.45) is 10.4 Å². The van der Waals surface area contributed by atoms with E-state index in [0.29, 0.717) is 13.2 Å². The van der Waals surface area contributed by atoms with Crippen LogP contribution >= 0.6 is 0 Å². The zero-order valence-corrected chi connectivity index (χ0v) is 13.9. The van der Waals surface area contributed by atoms with Gasteiger partial charge >= 0.3 is 0 Å². The van der Waals surface area contributed by atoms with Gasteiger partial charge in [0.05, 0.1) is 33.0 Å². The fraction of sp³-hybridized carbons (Fsp3) is 0.588. The summed E-state index contributed by atoms with van der Waals surface area (Å²) in [7, 11) is 0. The molecule has 2 aliphatic rings. The third-order valence-corrected chi connectivity index (χ3v) is 3.87. The summed E-state index contributed by atoms with van der Waals surface area (Å²) in [5.41, 5.74) is 1.09. The van der Waals surface area contributed by atoms with E-state index in [2.05, 4.69) is 29.5 Å². The molecule has 0 aromatic heterocycles. The highest BCUT2D eigenvalue weighted by molar-refractivity contribution is 5.93. The number of benzene rings is 1. The van der Waals surface area contributed by atoms with Gasteiger partial charge in [-0.25, -0.2) is 0 Å². The Morgan fingerprint density at radius 3 is 2.70 bits per heavy atom. The first kappa shape index (κ1) is 15.9. The van der Waals surface area contributed by atoms with Gasteiger partial charge in [0.1, 0.15) is 0 Å². The smallest absolute Gasteiger partial charge is 0.195 e. The van der Waals surface area contributed by atoms with Crippen molar-refractivity contribution in [3.05, 3.63) is 18.2 Å². The van der Waals surface area contributed by atoms with E-state index >= 15 is 0 Å². The number of rotatable bonds is 4. The van der Waals surface area contributed by atoms with E-state index in [9.17, 15) is 0 Å². The zero-order valence-electron chi connectivity index (χ0n) is 13.9. The minimum absolute atomic E-state index is 0.160. The first-order valence-corrected chi connectivity index (χ1v) is 8.21. The molecule has 1 aromatic carbocycles. The Kier molecular flexibility index (Phi) is 4.91. The molecule has 0 radical (unpaired) electrons. The average Bonchev–Trinajstić information content (AvgIpc) is 2.76. The second-order valence-corrected chi connectivity index (χ2v) is 6.34. The second-order valence-electron chi connectivity index (χ2n) is 6.34. The van der Waals surface area contributed by atoms with E-state index in [-0.39, 0.29) is 5.41 Å². The minimum atomic E-state index is 0.160. The van der Waals surface area contributed by atoms with Crippen LogP contribution in [-0.2, 0) is 4.74 Å². The molecule has 6 heteroatoms. The number of nitrogens with zero attached hydrogens (tertiary/aromatic N) is 1. The van der Waals surface area contributed by atoms with Gasteiger partial charge < -0.3 is 24.8 Å². The molecular formula is C17H25N3O3. The molecular weight excluding hydrogens is 294 g/mol. The third kappa shape index (κ3) is 4.07. The first-order valence-electron chi connectivity index (χ1n) is 8.21. The molecule has 0 amide bonds. The summed E-state index contributed by atoms with van der Waals surface area (Å²) in [5, 5.41) is 6.60.